The first-order valence-corrected chi connectivity index (χ1v) is 10.3. The number of nitrogens with zero attached hydrogens (tertiary/aromatic N) is 1. The van der Waals surface area contributed by atoms with Crippen LogP contribution >= 0.6 is 24.8 Å². The number of hydrogen-bond acceptors (Lipinski definition) is 3. The molecule has 0 aliphatic carbocycles. The first-order chi connectivity index (χ1) is 13.1. The molecule has 4 rings (SSSR count). The van der Waals surface area contributed by atoms with Gasteiger partial charge in [0.25, 0.3) is 0 Å². The third kappa shape index (κ3) is 6.27. The van der Waals surface area contributed by atoms with Crippen LogP contribution in [0.25, 0.3) is 0 Å². The Bertz CT molecular complexity index is 662. The van der Waals surface area contributed by atoms with Crippen molar-refractivity contribution >= 4 is 30.7 Å². The molecule has 3 heterocycles. The highest BCUT2D eigenvalue weighted by molar-refractivity contribution is 5.85. The Morgan fingerprint density at radius 3 is 2.41 bits per heavy atom. The van der Waals surface area contributed by atoms with Gasteiger partial charge in [-0.1, -0.05) is 6.07 Å². The summed E-state index contributed by atoms with van der Waals surface area (Å²) in [7, 11) is 0. The Labute approximate surface area is 184 Å². The van der Waals surface area contributed by atoms with Gasteiger partial charge < -0.3 is 10.6 Å². The highest BCUT2D eigenvalue weighted by atomic mass is 35.5. The molecule has 3 fully saturated rings. The summed E-state index contributed by atoms with van der Waals surface area (Å²) in [4.78, 5) is 14.6. The third-order valence-electron chi connectivity index (χ3n) is 6.36. The molecule has 2 N–H and O–H groups in total. The van der Waals surface area contributed by atoms with Crippen LogP contribution < -0.4 is 10.6 Å². The van der Waals surface area contributed by atoms with Gasteiger partial charge in [-0.05, 0) is 63.1 Å². The van der Waals surface area contributed by atoms with Crippen LogP contribution in [0.2, 0.25) is 0 Å². The number of benzene rings is 1. The van der Waals surface area contributed by atoms with Crippen molar-refractivity contribution in [1.29, 1.82) is 0 Å². The number of fused-ring (bicyclic) bond motifs is 2. The van der Waals surface area contributed by atoms with E-state index in [4.69, 9.17) is 0 Å². The van der Waals surface area contributed by atoms with E-state index >= 15 is 0 Å². The number of amides is 1. The zero-order chi connectivity index (χ0) is 18.8. The number of halogens is 4. The van der Waals surface area contributed by atoms with E-state index in [0.29, 0.717) is 31.0 Å². The fourth-order valence-corrected chi connectivity index (χ4v) is 5.11. The zero-order valence-electron chi connectivity index (χ0n) is 16.5. The first kappa shape index (κ1) is 24.3. The van der Waals surface area contributed by atoms with Crippen molar-refractivity contribution in [1.82, 2.24) is 15.5 Å². The minimum atomic E-state index is -0.498. The second-order valence-corrected chi connectivity index (χ2v) is 8.52. The number of carbonyl (C=O) groups is 1. The van der Waals surface area contributed by atoms with Crippen LogP contribution in [0.1, 0.15) is 50.5 Å². The standard InChI is InChI=1S/C21H29F2N3O.2ClH/c22-19-4-1-5-20(23)18(19)13-26-8-2-3-17(12-26)25-21(27)11-14-9-15-6-7-16(10-14)24-15;;/h1,4-5,14-17,24H,2-3,6-13H2,(H,25,27);2*1H. The normalized spacial score (nSPS) is 28.9. The smallest absolute Gasteiger partial charge is 0.220 e. The van der Waals surface area contributed by atoms with Crippen LogP contribution in [0.3, 0.4) is 0 Å². The van der Waals surface area contributed by atoms with Crippen LogP contribution in [0, 0.1) is 17.6 Å². The Morgan fingerprint density at radius 2 is 1.76 bits per heavy atom. The minimum absolute atomic E-state index is 0. The highest BCUT2D eigenvalue weighted by Gasteiger charge is 2.34. The zero-order valence-corrected chi connectivity index (χ0v) is 18.2. The van der Waals surface area contributed by atoms with Gasteiger partial charge in [0.2, 0.25) is 5.91 Å². The van der Waals surface area contributed by atoms with E-state index in [1.54, 1.807) is 0 Å². The van der Waals surface area contributed by atoms with E-state index in [2.05, 4.69) is 10.6 Å². The van der Waals surface area contributed by atoms with Crippen molar-refractivity contribution in [2.75, 3.05) is 13.1 Å². The Kier molecular flexibility index (Phi) is 9.14. The van der Waals surface area contributed by atoms with Gasteiger partial charge in [-0.25, -0.2) is 8.78 Å². The van der Waals surface area contributed by atoms with Gasteiger partial charge in [-0.2, -0.15) is 0 Å². The molecule has 1 aromatic carbocycles. The summed E-state index contributed by atoms with van der Waals surface area (Å²) in [5.74, 6) is -0.385. The lowest BCUT2D eigenvalue weighted by Crippen LogP contribution is -2.48. The maximum absolute atomic E-state index is 13.9. The van der Waals surface area contributed by atoms with E-state index in [9.17, 15) is 13.6 Å². The average Bonchev–Trinajstić information content (AvgIpc) is 2.97. The number of nitrogens with one attached hydrogen (secondary N) is 2. The van der Waals surface area contributed by atoms with E-state index in [1.165, 1.54) is 31.0 Å². The van der Waals surface area contributed by atoms with Crippen molar-refractivity contribution in [3.63, 3.8) is 0 Å². The maximum atomic E-state index is 13.9. The van der Waals surface area contributed by atoms with Crippen LogP contribution in [0.4, 0.5) is 8.78 Å². The summed E-state index contributed by atoms with van der Waals surface area (Å²) in [6.45, 7) is 1.71. The molecule has 0 aromatic heterocycles. The molecule has 1 aromatic rings. The van der Waals surface area contributed by atoms with E-state index < -0.39 is 11.6 Å². The third-order valence-corrected chi connectivity index (χ3v) is 6.36. The summed E-state index contributed by atoms with van der Waals surface area (Å²) in [6, 6.07) is 5.26. The van der Waals surface area contributed by atoms with Gasteiger partial charge in [0, 0.05) is 43.2 Å². The Hall–Kier alpha value is -0.950. The van der Waals surface area contributed by atoms with Gasteiger partial charge in [0.15, 0.2) is 0 Å². The van der Waals surface area contributed by atoms with Crippen LogP contribution in [0.15, 0.2) is 18.2 Å². The van der Waals surface area contributed by atoms with E-state index in [0.717, 1.165) is 32.2 Å². The first-order valence-electron chi connectivity index (χ1n) is 10.3. The quantitative estimate of drug-likeness (QED) is 0.717. The Morgan fingerprint density at radius 1 is 1.10 bits per heavy atom. The van der Waals surface area contributed by atoms with Crippen LogP contribution in [-0.4, -0.2) is 42.0 Å². The number of piperidine rings is 2. The number of rotatable bonds is 5. The van der Waals surface area contributed by atoms with Crippen molar-refractivity contribution in [2.24, 2.45) is 5.92 Å². The van der Waals surface area contributed by atoms with Crippen molar-refractivity contribution in [3.05, 3.63) is 35.4 Å². The number of hydrogen-bond donors (Lipinski definition) is 2. The minimum Gasteiger partial charge on any atom is -0.352 e. The van der Waals surface area contributed by atoms with Gasteiger partial charge in [0.1, 0.15) is 11.6 Å². The molecule has 0 spiro atoms. The average molecular weight is 450 g/mol. The molecule has 1 amide bonds. The van der Waals surface area contributed by atoms with Gasteiger partial charge in [-0.3, -0.25) is 9.69 Å². The van der Waals surface area contributed by atoms with E-state index in [1.807, 2.05) is 4.90 Å². The predicted octanol–water partition coefficient (Wildman–Crippen LogP) is 3.81. The fraction of sp³-hybridized carbons (Fsp3) is 0.667. The lowest BCUT2D eigenvalue weighted by atomic mass is 9.89. The summed E-state index contributed by atoms with van der Waals surface area (Å²) in [6.07, 6.45) is 7.16. The molecular weight excluding hydrogens is 419 g/mol. The molecule has 3 aliphatic rings. The number of likely N-dealkylation sites (tertiary alicyclic amines) is 1. The van der Waals surface area contributed by atoms with Gasteiger partial charge in [-0.15, -0.1) is 24.8 Å². The van der Waals surface area contributed by atoms with Crippen molar-refractivity contribution in [3.8, 4) is 0 Å². The summed E-state index contributed by atoms with van der Waals surface area (Å²) >= 11 is 0. The van der Waals surface area contributed by atoms with Crippen LogP contribution in [0.5, 0.6) is 0 Å². The number of carbonyl (C=O) groups excluding carboxylic acids is 1. The molecular formula is C21H31Cl2F2N3O. The molecule has 0 radical (unpaired) electrons. The predicted molar refractivity (Wildman–Crippen MR) is 115 cm³/mol. The maximum Gasteiger partial charge on any atom is 0.220 e. The second kappa shape index (κ2) is 10.9. The molecule has 164 valence electrons. The Balaban J connectivity index is 0.00000150. The molecule has 4 nitrogen and oxygen atoms in total. The topological polar surface area (TPSA) is 44.4 Å². The summed E-state index contributed by atoms with van der Waals surface area (Å²) in [5, 5.41) is 6.79. The van der Waals surface area contributed by atoms with Crippen LogP contribution in [-0.2, 0) is 11.3 Å². The largest absolute Gasteiger partial charge is 0.352 e. The van der Waals surface area contributed by atoms with Crippen molar-refractivity contribution < 1.29 is 13.6 Å². The molecule has 3 unspecified atom stereocenters. The molecule has 3 atom stereocenters. The molecule has 2 bridgehead atoms. The summed E-state index contributed by atoms with van der Waals surface area (Å²) in [5.41, 5.74) is 0.120. The molecule has 29 heavy (non-hydrogen) atoms. The SMILES string of the molecule is Cl.Cl.O=C(CC1CC2CCC(C1)N2)NC1CCCN(Cc2c(F)cccc2F)C1. The molecule has 3 saturated heterocycles. The molecule has 0 saturated carbocycles. The van der Waals surface area contributed by atoms with Gasteiger partial charge >= 0.3 is 0 Å². The second-order valence-electron chi connectivity index (χ2n) is 8.52. The lowest BCUT2D eigenvalue weighted by Gasteiger charge is -2.34. The molecule has 3 aliphatic heterocycles. The summed E-state index contributed by atoms with van der Waals surface area (Å²) < 4.78 is 27.8. The van der Waals surface area contributed by atoms with Gasteiger partial charge in [0.05, 0.1) is 0 Å². The van der Waals surface area contributed by atoms with Crippen molar-refractivity contribution in [2.45, 2.75) is 69.6 Å². The molecule has 8 heteroatoms. The van der Waals surface area contributed by atoms with E-state index in [-0.39, 0.29) is 48.9 Å². The highest BCUT2D eigenvalue weighted by Crippen LogP contribution is 2.32. The fourth-order valence-electron chi connectivity index (χ4n) is 5.11. The lowest BCUT2D eigenvalue weighted by molar-refractivity contribution is -0.123. The monoisotopic (exact) mass is 449 g/mol.